The van der Waals surface area contributed by atoms with Gasteiger partial charge >= 0.3 is 6.09 Å². The highest BCUT2D eigenvalue weighted by Crippen LogP contribution is 2.25. The van der Waals surface area contributed by atoms with Gasteiger partial charge in [-0.2, -0.15) is 0 Å². The monoisotopic (exact) mass is 279 g/mol. The highest BCUT2D eigenvalue weighted by molar-refractivity contribution is 5.67. The van der Waals surface area contributed by atoms with E-state index < -0.39 is 6.09 Å². The third kappa shape index (κ3) is 4.85. The molecule has 20 heavy (non-hydrogen) atoms. The first kappa shape index (κ1) is 16.5. The number of amides is 1. The summed E-state index contributed by atoms with van der Waals surface area (Å²) in [6.45, 7) is 8.13. The van der Waals surface area contributed by atoms with Crippen molar-refractivity contribution in [3.8, 4) is 0 Å². The van der Waals surface area contributed by atoms with Gasteiger partial charge in [-0.05, 0) is 11.5 Å². The molecule has 0 saturated carbocycles. The number of alkyl carbamates (subject to hydrolysis) is 1. The van der Waals surface area contributed by atoms with Crippen LogP contribution < -0.4 is 5.32 Å². The van der Waals surface area contributed by atoms with E-state index in [1.807, 2.05) is 58.0 Å². The van der Waals surface area contributed by atoms with E-state index in [0.717, 1.165) is 5.56 Å². The minimum absolute atomic E-state index is 0.00874. The zero-order valence-corrected chi connectivity index (χ0v) is 12.7. The van der Waals surface area contributed by atoms with Crippen molar-refractivity contribution >= 4 is 6.09 Å². The molecule has 0 saturated heterocycles. The van der Waals surface area contributed by atoms with Gasteiger partial charge in [0.2, 0.25) is 0 Å². The number of carbonyl (C=O) groups excluding carboxylic acids is 1. The van der Waals surface area contributed by atoms with E-state index in [1.54, 1.807) is 0 Å². The summed E-state index contributed by atoms with van der Waals surface area (Å²) in [6.07, 6.45) is -0.450. The first-order chi connectivity index (χ1) is 9.36. The Morgan fingerprint density at radius 2 is 1.90 bits per heavy atom. The van der Waals surface area contributed by atoms with Crippen LogP contribution in [-0.4, -0.2) is 23.8 Å². The number of nitrogens with one attached hydrogen (secondary N) is 1. The second-order valence-electron chi connectivity index (χ2n) is 6.07. The predicted molar refractivity (Wildman–Crippen MR) is 79.3 cm³/mol. The number of hydrogen-bond acceptors (Lipinski definition) is 3. The summed E-state index contributed by atoms with van der Waals surface area (Å²) >= 11 is 0. The molecular weight excluding hydrogens is 254 g/mol. The second kappa shape index (κ2) is 7.29. The van der Waals surface area contributed by atoms with Crippen LogP contribution in [0.4, 0.5) is 4.79 Å². The van der Waals surface area contributed by atoms with Gasteiger partial charge in [0.05, 0.1) is 6.61 Å². The summed E-state index contributed by atoms with van der Waals surface area (Å²) in [7, 11) is 0. The maximum absolute atomic E-state index is 11.9. The first-order valence-corrected chi connectivity index (χ1v) is 6.95. The maximum Gasteiger partial charge on any atom is 0.407 e. The average Bonchev–Trinajstić information content (AvgIpc) is 2.43. The van der Waals surface area contributed by atoms with E-state index in [1.165, 1.54) is 0 Å². The molecule has 2 N–H and O–H groups in total. The van der Waals surface area contributed by atoms with Crippen molar-refractivity contribution in [2.45, 2.75) is 40.3 Å². The molecule has 112 valence electrons. The van der Waals surface area contributed by atoms with Crippen LogP contribution in [0, 0.1) is 11.3 Å². The second-order valence-corrected chi connectivity index (χ2v) is 6.07. The summed E-state index contributed by atoms with van der Waals surface area (Å²) in [5.74, 6) is 0.210. The average molecular weight is 279 g/mol. The molecule has 0 aliphatic rings. The molecular formula is C16H25NO3. The predicted octanol–water partition coefficient (Wildman–Crippen LogP) is 2.96. The lowest BCUT2D eigenvalue weighted by Gasteiger charge is -2.35. The van der Waals surface area contributed by atoms with Gasteiger partial charge in [0.1, 0.15) is 6.61 Å². The van der Waals surface area contributed by atoms with E-state index in [-0.39, 0.29) is 30.6 Å². The van der Waals surface area contributed by atoms with E-state index in [0.29, 0.717) is 0 Å². The Morgan fingerprint density at radius 1 is 1.30 bits per heavy atom. The molecule has 0 heterocycles. The van der Waals surface area contributed by atoms with E-state index in [4.69, 9.17) is 4.74 Å². The summed E-state index contributed by atoms with van der Waals surface area (Å²) in [5, 5.41) is 12.3. The van der Waals surface area contributed by atoms with Crippen molar-refractivity contribution in [2.24, 2.45) is 11.3 Å². The minimum atomic E-state index is -0.450. The Balaban J connectivity index is 2.55. The summed E-state index contributed by atoms with van der Waals surface area (Å²) in [6, 6.07) is 9.40. The molecule has 1 amide bonds. The Bertz CT molecular complexity index is 415. The quantitative estimate of drug-likeness (QED) is 0.841. The van der Waals surface area contributed by atoms with Crippen molar-refractivity contribution in [1.82, 2.24) is 5.32 Å². The number of hydrogen-bond donors (Lipinski definition) is 2. The third-order valence-electron chi connectivity index (χ3n) is 3.40. The highest BCUT2D eigenvalue weighted by atomic mass is 16.5. The highest BCUT2D eigenvalue weighted by Gasteiger charge is 2.32. The first-order valence-electron chi connectivity index (χ1n) is 6.95. The molecule has 4 heteroatoms. The van der Waals surface area contributed by atoms with Gasteiger partial charge in [-0.25, -0.2) is 4.79 Å². The third-order valence-corrected chi connectivity index (χ3v) is 3.40. The zero-order valence-electron chi connectivity index (χ0n) is 12.7. The van der Waals surface area contributed by atoms with Crippen molar-refractivity contribution in [3.05, 3.63) is 35.9 Å². The van der Waals surface area contributed by atoms with Crippen molar-refractivity contribution in [1.29, 1.82) is 0 Å². The van der Waals surface area contributed by atoms with E-state index >= 15 is 0 Å². The minimum Gasteiger partial charge on any atom is -0.445 e. The summed E-state index contributed by atoms with van der Waals surface area (Å²) in [4.78, 5) is 11.9. The molecule has 1 unspecified atom stereocenters. The van der Waals surface area contributed by atoms with Crippen molar-refractivity contribution in [2.75, 3.05) is 6.61 Å². The molecule has 1 aromatic carbocycles. The van der Waals surface area contributed by atoms with E-state index in [9.17, 15) is 9.90 Å². The Morgan fingerprint density at radius 3 is 2.40 bits per heavy atom. The number of carbonyl (C=O) groups is 1. The molecule has 0 aliphatic carbocycles. The number of benzene rings is 1. The smallest absolute Gasteiger partial charge is 0.407 e. The Labute approximate surface area is 121 Å². The van der Waals surface area contributed by atoms with Crippen molar-refractivity contribution < 1.29 is 14.6 Å². The molecule has 0 radical (unpaired) electrons. The van der Waals surface area contributed by atoms with Crippen molar-refractivity contribution in [3.63, 3.8) is 0 Å². The van der Waals surface area contributed by atoms with Gasteiger partial charge in [-0.1, -0.05) is 58.0 Å². The van der Waals surface area contributed by atoms with Gasteiger partial charge in [-0.3, -0.25) is 0 Å². The number of ether oxygens (including phenoxy) is 1. The molecule has 0 aliphatic heterocycles. The van der Waals surface area contributed by atoms with Crippen LogP contribution in [-0.2, 0) is 11.3 Å². The standard InChI is InChI=1S/C16H25NO3/c1-12(2)14(16(3,4)11-18)17-15(19)20-10-13-8-6-5-7-9-13/h5-9,12,14,18H,10-11H2,1-4H3,(H,17,19). The van der Waals surface area contributed by atoms with Crippen LogP contribution in [0.3, 0.4) is 0 Å². The van der Waals surface area contributed by atoms with Gasteiger partial charge in [-0.15, -0.1) is 0 Å². The zero-order chi connectivity index (χ0) is 15.2. The molecule has 1 atom stereocenters. The molecule has 0 fully saturated rings. The van der Waals surface area contributed by atoms with Gasteiger partial charge in [0, 0.05) is 11.5 Å². The van der Waals surface area contributed by atoms with E-state index in [2.05, 4.69) is 5.32 Å². The van der Waals surface area contributed by atoms with Crippen LogP contribution in [0.15, 0.2) is 30.3 Å². The number of rotatable bonds is 6. The normalized spacial score (nSPS) is 13.1. The van der Waals surface area contributed by atoms with Gasteiger partial charge < -0.3 is 15.2 Å². The van der Waals surface area contributed by atoms with Crippen LogP contribution >= 0.6 is 0 Å². The van der Waals surface area contributed by atoms with Crippen LogP contribution in [0.25, 0.3) is 0 Å². The summed E-state index contributed by atoms with van der Waals surface area (Å²) in [5.41, 5.74) is 0.560. The summed E-state index contributed by atoms with van der Waals surface area (Å²) < 4.78 is 5.22. The van der Waals surface area contributed by atoms with Crippen LogP contribution in [0.1, 0.15) is 33.3 Å². The topological polar surface area (TPSA) is 58.6 Å². The van der Waals surface area contributed by atoms with Gasteiger partial charge in [0.25, 0.3) is 0 Å². The molecule has 0 spiro atoms. The Kier molecular flexibility index (Phi) is 6.02. The molecule has 1 rings (SSSR count). The lowest BCUT2D eigenvalue weighted by atomic mass is 9.79. The lowest BCUT2D eigenvalue weighted by molar-refractivity contribution is 0.0790. The van der Waals surface area contributed by atoms with Crippen LogP contribution in [0.5, 0.6) is 0 Å². The fourth-order valence-corrected chi connectivity index (χ4v) is 2.25. The molecule has 1 aromatic rings. The SMILES string of the molecule is CC(C)C(NC(=O)OCc1ccccc1)C(C)(C)CO. The maximum atomic E-state index is 11.9. The molecule has 0 aromatic heterocycles. The fraction of sp³-hybridized carbons (Fsp3) is 0.562. The number of aliphatic hydroxyl groups is 1. The number of aliphatic hydroxyl groups excluding tert-OH is 1. The van der Waals surface area contributed by atoms with Gasteiger partial charge in [0.15, 0.2) is 0 Å². The Hall–Kier alpha value is -1.55. The van der Waals surface area contributed by atoms with Crippen LogP contribution in [0.2, 0.25) is 0 Å². The largest absolute Gasteiger partial charge is 0.445 e. The fourth-order valence-electron chi connectivity index (χ4n) is 2.25. The molecule has 4 nitrogen and oxygen atoms in total. The molecule has 0 bridgehead atoms. The lowest BCUT2D eigenvalue weighted by Crippen LogP contribution is -2.50.